The Bertz CT molecular complexity index is 720. The third kappa shape index (κ3) is 3.74. The van der Waals surface area contributed by atoms with Crippen LogP contribution in [0.25, 0.3) is 0 Å². The van der Waals surface area contributed by atoms with Crippen LogP contribution in [-0.2, 0) is 13.0 Å². The molecule has 0 saturated carbocycles. The van der Waals surface area contributed by atoms with Gasteiger partial charge in [-0.25, -0.2) is 4.98 Å². The molecule has 0 aliphatic carbocycles. The van der Waals surface area contributed by atoms with Gasteiger partial charge in [0.1, 0.15) is 23.9 Å². The van der Waals surface area contributed by atoms with Gasteiger partial charge in [-0.15, -0.1) is 11.3 Å². The minimum absolute atomic E-state index is 0.204. The lowest BCUT2D eigenvalue weighted by molar-refractivity contribution is 0.0949. The van der Waals surface area contributed by atoms with Crippen molar-refractivity contribution in [1.29, 1.82) is 0 Å². The fourth-order valence-corrected chi connectivity index (χ4v) is 3.17. The molecular weight excluding hydrogens is 338 g/mol. The Hall–Kier alpha value is -1.83. The number of amides is 1. The Kier molecular flexibility index (Phi) is 5.00. The zero-order chi connectivity index (χ0) is 16.2. The van der Waals surface area contributed by atoms with Crippen molar-refractivity contribution in [3.8, 4) is 11.5 Å². The molecule has 0 spiro atoms. The molecule has 0 bridgehead atoms. The molecule has 0 atom stereocenters. The maximum atomic E-state index is 12.0. The number of benzene rings is 1. The highest BCUT2D eigenvalue weighted by atomic mass is 35.5. The minimum atomic E-state index is -0.204. The van der Waals surface area contributed by atoms with Gasteiger partial charge in [-0.05, 0) is 24.1 Å². The molecule has 3 N–H and O–H groups in total. The van der Waals surface area contributed by atoms with Crippen LogP contribution in [0.1, 0.15) is 21.1 Å². The largest absolute Gasteiger partial charge is 0.486 e. The van der Waals surface area contributed by atoms with Gasteiger partial charge in [-0.1, -0.05) is 11.6 Å². The first-order chi connectivity index (χ1) is 11.2. The maximum Gasteiger partial charge on any atom is 0.270 e. The van der Waals surface area contributed by atoms with Crippen molar-refractivity contribution in [2.24, 2.45) is 5.73 Å². The average Bonchev–Trinajstić information content (AvgIpc) is 3.04. The van der Waals surface area contributed by atoms with Crippen molar-refractivity contribution >= 4 is 28.8 Å². The van der Waals surface area contributed by atoms with Gasteiger partial charge in [0.05, 0.1) is 5.02 Å². The molecule has 122 valence electrons. The third-order valence-electron chi connectivity index (χ3n) is 3.31. The van der Waals surface area contributed by atoms with Gasteiger partial charge in [-0.2, -0.15) is 0 Å². The molecule has 1 aliphatic heterocycles. The minimum Gasteiger partial charge on any atom is -0.486 e. The molecule has 6 nitrogen and oxygen atoms in total. The quantitative estimate of drug-likeness (QED) is 0.858. The highest BCUT2D eigenvalue weighted by Gasteiger charge is 2.17. The number of carbonyl (C=O) groups is 1. The SMILES string of the molecule is NCc1nc(C(=O)NCCc2cc(Cl)c3c(c2)OCCO3)cs1. The van der Waals surface area contributed by atoms with Gasteiger partial charge in [-0.3, -0.25) is 4.79 Å². The van der Waals surface area contributed by atoms with Crippen molar-refractivity contribution in [1.82, 2.24) is 10.3 Å². The van der Waals surface area contributed by atoms with Crippen molar-refractivity contribution in [2.45, 2.75) is 13.0 Å². The molecule has 2 heterocycles. The second-order valence-corrected chi connectivity index (χ2v) is 6.29. The van der Waals surface area contributed by atoms with E-state index in [0.717, 1.165) is 10.6 Å². The molecule has 1 amide bonds. The summed E-state index contributed by atoms with van der Waals surface area (Å²) >= 11 is 7.57. The Morgan fingerprint density at radius 3 is 3.00 bits per heavy atom. The topological polar surface area (TPSA) is 86.5 Å². The zero-order valence-electron chi connectivity index (χ0n) is 12.3. The van der Waals surface area contributed by atoms with Crippen LogP contribution in [0.4, 0.5) is 0 Å². The van der Waals surface area contributed by atoms with E-state index in [-0.39, 0.29) is 5.91 Å². The third-order valence-corrected chi connectivity index (χ3v) is 4.47. The molecule has 0 radical (unpaired) electrons. The van der Waals surface area contributed by atoms with E-state index in [0.29, 0.717) is 54.9 Å². The van der Waals surface area contributed by atoms with Crippen molar-refractivity contribution in [3.05, 3.63) is 38.8 Å². The molecule has 0 saturated heterocycles. The number of carbonyl (C=O) groups excluding carboxylic acids is 1. The first-order valence-corrected chi connectivity index (χ1v) is 8.44. The van der Waals surface area contributed by atoms with Crippen LogP contribution in [0.3, 0.4) is 0 Å². The predicted molar refractivity (Wildman–Crippen MR) is 88.5 cm³/mol. The maximum absolute atomic E-state index is 12.0. The van der Waals surface area contributed by atoms with E-state index in [9.17, 15) is 4.79 Å². The van der Waals surface area contributed by atoms with Crippen LogP contribution in [0.5, 0.6) is 11.5 Å². The lowest BCUT2D eigenvalue weighted by Crippen LogP contribution is -2.26. The fraction of sp³-hybridized carbons (Fsp3) is 0.333. The predicted octanol–water partition coefficient (Wildman–Crippen LogP) is 2.00. The number of nitrogens with two attached hydrogens (primary N) is 1. The van der Waals surface area contributed by atoms with Crippen LogP contribution in [0.2, 0.25) is 5.02 Å². The first-order valence-electron chi connectivity index (χ1n) is 7.18. The van der Waals surface area contributed by atoms with E-state index >= 15 is 0 Å². The lowest BCUT2D eigenvalue weighted by Gasteiger charge is -2.20. The number of nitrogens with one attached hydrogen (secondary N) is 1. The van der Waals surface area contributed by atoms with Gasteiger partial charge in [0.25, 0.3) is 5.91 Å². The van der Waals surface area contributed by atoms with E-state index < -0.39 is 0 Å². The van der Waals surface area contributed by atoms with E-state index in [1.165, 1.54) is 11.3 Å². The molecule has 8 heteroatoms. The second-order valence-electron chi connectivity index (χ2n) is 4.94. The summed E-state index contributed by atoms with van der Waals surface area (Å²) in [6.07, 6.45) is 0.635. The number of nitrogens with zero attached hydrogens (tertiary/aromatic N) is 1. The number of rotatable bonds is 5. The number of thiazole rings is 1. The Morgan fingerprint density at radius 1 is 1.39 bits per heavy atom. The Balaban J connectivity index is 1.58. The van der Waals surface area contributed by atoms with Gasteiger partial charge in [0.2, 0.25) is 0 Å². The van der Waals surface area contributed by atoms with E-state index in [4.69, 9.17) is 26.8 Å². The summed E-state index contributed by atoms with van der Waals surface area (Å²) in [6, 6.07) is 3.72. The number of halogens is 1. The zero-order valence-corrected chi connectivity index (χ0v) is 13.9. The highest BCUT2D eigenvalue weighted by Crippen LogP contribution is 2.38. The molecule has 0 fully saturated rings. The summed E-state index contributed by atoms with van der Waals surface area (Å²) in [6.45, 7) is 1.83. The number of fused-ring (bicyclic) bond motifs is 1. The van der Waals surface area contributed by atoms with Gasteiger partial charge >= 0.3 is 0 Å². The average molecular weight is 354 g/mol. The van der Waals surface area contributed by atoms with Gasteiger partial charge in [0.15, 0.2) is 11.5 Å². The van der Waals surface area contributed by atoms with Crippen LogP contribution < -0.4 is 20.5 Å². The smallest absolute Gasteiger partial charge is 0.270 e. The molecular formula is C15H16ClN3O3S. The lowest BCUT2D eigenvalue weighted by atomic mass is 10.1. The Labute approximate surface area is 142 Å². The van der Waals surface area contributed by atoms with Crippen LogP contribution in [-0.4, -0.2) is 30.6 Å². The summed E-state index contributed by atoms with van der Waals surface area (Å²) in [5.74, 6) is 1.03. The molecule has 1 aliphatic rings. The normalized spacial score (nSPS) is 13.0. The second kappa shape index (κ2) is 7.16. The van der Waals surface area contributed by atoms with Crippen LogP contribution in [0.15, 0.2) is 17.5 Å². The monoisotopic (exact) mass is 353 g/mol. The van der Waals surface area contributed by atoms with Gasteiger partial charge in [0, 0.05) is 18.5 Å². The molecule has 2 aromatic rings. The van der Waals surface area contributed by atoms with Crippen molar-refractivity contribution in [2.75, 3.05) is 19.8 Å². The van der Waals surface area contributed by atoms with E-state index in [1.54, 1.807) is 5.38 Å². The van der Waals surface area contributed by atoms with E-state index in [2.05, 4.69) is 10.3 Å². The number of aromatic nitrogens is 1. The standard InChI is InChI=1S/C15H16ClN3O3S/c16-10-5-9(6-12-14(10)22-4-3-21-12)1-2-18-15(20)11-8-23-13(7-17)19-11/h5-6,8H,1-4,7,17H2,(H,18,20). The summed E-state index contributed by atoms with van der Waals surface area (Å²) in [4.78, 5) is 16.1. The van der Waals surface area contributed by atoms with E-state index in [1.807, 2.05) is 12.1 Å². The summed E-state index contributed by atoms with van der Waals surface area (Å²) in [5.41, 5.74) is 6.86. The number of ether oxygens (including phenoxy) is 2. The summed E-state index contributed by atoms with van der Waals surface area (Å²) in [5, 5.41) is 5.81. The van der Waals surface area contributed by atoms with Crippen molar-refractivity contribution in [3.63, 3.8) is 0 Å². The highest BCUT2D eigenvalue weighted by molar-refractivity contribution is 7.09. The number of hydrogen-bond donors (Lipinski definition) is 2. The fourth-order valence-electron chi connectivity index (χ4n) is 2.23. The van der Waals surface area contributed by atoms with Crippen molar-refractivity contribution < 1.29 is 14.3 Å². The first kappa shape index (κ1) is 16.0. The molecule has 0 unspecified atom stereocenters. The number of hydrogen-bond acceptors (Lipinski definition) is 6. The molecule has 3 rings (SSSR count). The van der Waals surface area contributed by atoms with Crippen LogP contribution in [0, 0.1) is 0 Å². The molecule has 1 aromatic heterocycles. The van der Waals surface area contributed by atoms with Crippen LogP contribution >= 0.6 is 22.9 Å². The Morgan fingerprint density at radius 2 is 2.22 bits per heavy atom. The van der Waals surface area contributed by atoms with Gasteiger partial charge < -0.3 is 20.5 Å². The molecule has 1 aromatic carbocycles. The molecule has 23 heavy (non-hydrogen) atoms. The summed E-state index contributed by atoms with van der Waals surface area (Å²) < 4.78 is 11.0. The summed E-state index contributed by atoms with van der Waals surface area (Å²) in [7, 11) is 0.